The van der Waals surface area contributed by atoms with Crippen molar-refractivity contribution in [3.8, 4) is 0 Å². The number of nitrogens with one attached hydrogen (secondary N) is 1. The monoisotopic (exact) mass is 355 g/mol. The summed E-state index contributed by atoms with van der Waals surface area (Å²) in [6, 6.07) is 11.2. The lowest BCUT2D eigenvalue weighted by Crippen LogP contribution is -2.41. The first-order chi connectivity index (χ1) is 12.5. The van der Waals surface area contributed by atoms with Gasteiger partial charge in [0.15, 0.2) is 6.61 Å². The Kier molecular flexibility index (Phi) is 4.83. The van der Waals surface area contributed by atoms with Gasteiger partial charge < -0.3 is 14.6 Å². The van der Waals surface area contributed by atoms with Gasteiger partial charge >= 0.3 is 6.09 Å². The highest BCUT2D eigenvalue weighted by atomic mass is 16.6. The molecule has 1 aromatic carbocycles. The first-order valence-corrected chi connectivity index (χ1v) is 7.96. The summed E-state index contributed by atoms with van der Waals surface area (Å²) in [6.45, 7) is -0.395. The van der Waals surface area contributed by atoms with Crippen LogP contribution in [0.15, 0.2) is 53.5 Å². The molecule has 0 aliphatic carbocycles. The SMILES string of the molecule is Cn1cccc(C(=O)NC(CN2C(=O)COC2=O)c2ccccc2)c1=O. The molecule has 0 radical (unpaired) electrons. The molecule has 1 saturated heterocycles. The van der Waals surface area contributed by atoms with Crippen molar-refractivity contribution in [3.63, 3.8) is 0 Å². The van der Waals surface area contributed by atoms with Crippen LogP contribution < -0.4 is 10.9 Å². The van der Waals surface area contributed by atoms with Crippen molar-refractivity contribution in [2.45, 2.75) is 6.04 Å². The number of carbonyl (C=O) groups excluding carboxylic acids is 3. The minimum Gasteiger partial charge on any atom is -0.439 e. The first kappa shape index (κ1) is 17.4. The second-order valence-electron chi connectivity index (χ2n) is 5.83. The van der Waals surface area contributed by atoms with E-state index in [2.05, 4.69) is 5.32 Å². The molecule has 8 heteroatoms. The number of rotatable bonds is 5. The average Bonchev–Trinajstić information content (AvgIpc) is 2.96. The standard InChI is InChI=1S/C18H17N3O5/c1-20-9-5-8-13(17(20)24)16(23)19-14(12-6-3-2-4-7-12)10-21-15(22)11-26-18(21)25/h2-9,14H,10-11H2,1H3,(H,19,23). The van der Waals surface area contributed by atoms with E-state index in [4.69, 9.17) is 4.74 Å². The zero-order valence-electron chi connectivity index (χ0n) is 14.0. The summed E-state index contributed by atoms with van der Waals surface area (Å²) in [5.74, 6) is -1.05. The number of amides is 3. The summed E-state index contributed by atoms with van der Waals surface area (Å²) in [7, 11) is 1.55. The number of nitrogens with zero attached hydrogens (tertiary/aromatic N) is 2. The minimum atomic E-state index is -0.749. The molecular weight excluding hydrogens is 338 g/mol. The Hall–Kier alpha value is -3.42. The van der Waals surface area contributed by atoms with Gasteiger partial charge in [0.1, 0.15) is 5.56 Å². The summed E-state index contributed by atoms with van der Waals surface area (Å²) in [5, 5.41) is 2.73. The number of aromatic nitrogens is 1. The first-order valence-electron chi connectivity index (χ1n) is 7.96. The van der Waals surface area contributed by atoms with Crippen LogP contribution in [0.25, 0.3) is 0 Å². The van der Waals surface area contributed by atoms with Crippen LogP contribution in [0.2, 0.25) is 0 Å². The molecule has 8 nitrogen and oxygen atoms in total. The molecule has 1 aliphatic rings. The van der Waals surface area contributed by atoms with E-state index in [-0.39, 0.29) is 18.7 Å². The third-order valence-electron chi connectivity index (χ3n) is 4.08. The normalized spacial score (nSPS) is 14.9. The number of pyridine rings is 1. The highest BCUT2D eigenvalue weighted by molar-refractivity contribution is 5.98. The summed E-state index contributed by atoms with van der Waals surface area (Å²) in [5.41, 5.74) is 0.237. The summed E-state index contributed by atoms with van der Waals surface area (Å²) in [4.78, 5) is 49.2. The molecule has 26 heavy (non-hydrogen) atoms. The van der Waals surface area contributed by atoms with Crippen molar-refractivity contribution in [1.29, 1.82) is 0 Å². The van der Waals surface area contributed by atoms with Crippen molar-refractivity contribution in [1.82, 2.24) is 14.8 Å². The molecule has 0 spiro atoms. The maximum Gasteiger partial charge on any atom is 0.417 e. The molecule has 1 N–H and O–H groups in total. The molecule has 0 saturated carbocycles. The molecule has 1 unspecified atom stereocenters. The van der Waals surface area contributed by atoms with Crippen LogP contribution in [0.1, 0.15) is 22.0 Å². The number of benzene rings is 1. The van der Waals surface area contributed by atoms with Crippen LogP contribution in [0.5, 0.6) is 0 Å². The quantitative estimate of drug-likeness (QED) is 0.857. The summed E-state index contributed by atoms with van der Waals surface area (Å²) in [6.07, 6.45) is 0.799. The van der Waals surface area contributed by atoms with Crippen LogP contribution >= 0.6 is 0 Å². The molecule has 134 valence electrons. The molecule has 3 rings (SSSR count). The Morgan fingerprint density at radius 1 is 1.15 bits per heavy atom. The number of ether oxygens (including phenoxy) is 1. The number of carbonyl (C=O) groups is 3. The maximum atomic E-state index is 12.6. The number of hydrogen-bond donors (Lipinski definition) is 1. The van der Waals surface area contributed by atoms with E-state index >= 15 is 0 Å². The van der Waals surface area contributed by atoms with Crippen LogP contribution in [-0.2, 0) is 16.6 Å². The van der Waals surface area contributed by atoms with E-state index in [1.807, 2.05) is 6.07 Å². The second-order valence-corrected chi connectivity index (χ2v) is 5.83. The predicted molar refractivity (Wildman–Crippen MR) is 91.4 cm³/mol. The minimum absolute atomic E-state index is 0.0220. The van der Waals surface area contributed by atoms with Crippen LogP contribution in [0.4, 0.5) is 4.79 Å². The van der Waals surface area contributed by atoms with E-state index in [9.17, 15) is 19.2 Å². The Bertz CT molecular complexity index is 891. The topological polar surface area (TPSA) is 97.7 Å². The lowest BCUT2D eigenvalue weighted by molar-refractivity contribution is -0.126. The van der Waals surface area contributed by atoms with Gasteiger partial charge in [-0.05, 0) is 17.7 Å². The van der Waals surface area contributed by atoms with Crippen LogP contribution in [0, 0.1) is 0 Å². The van der Waals surface area contributed by atoms with Gasteiger partial charge in [-0.3, -0.25) is 14.4 Å². The van der Waals surface area contributed by atoms with Gasteiger partial charge in [-0.2, -0.15) is 0 Å². The smallest absolute Gasteiger partial charge is 0.417 e. The molecule has 1 aliphatic heterocycles. The molecular formula is C18H17N3O5. The van der Waals surface area contributed by atoms with Gasteiger partial charge in [-0.25, -0.2) is 9.69 Å². The molecule has 3 amide bonds. The second kappa shape index (κ2) is 7.22. The molecule has 0 bridgehead atoms. The fourth-order valence-corrected chi connectivity index (χ4v) is 2.67. The molecule has 1 atom stereocenters. The Balaban J connectivity index is 1.87. The van der Waals surface area contributed by atoms with E-state index in [0.717, 1.165) is 4.90 Å². The zero-order chi connectivity index (χ0) is 18.7. The lowest BCUT2D eigenvalue weighted by atomic mass is 10.1. The fraction of sp³-hybridized carbons (Fsp3) is 0.222. The van der Waals surface area contributed by atoms with Crippen molar-refractivity contribution in [2.24, 2.45) is 7.05 Å². The molecule has 2 heterocycles. The van der Waals surface area contributed by atoms with E-state index in [1.165, 1.54) is 10.6 Å². The Labute approximate surface area is 149 Å². The molecule has 1 fully saturated rings. The number of hydrogen-bond acceptors (Lipinski definition) is 5. The van der Waals surface area contributed by atoms with Gasteiger partial charge in [0.2, 0.25) is 0 Å². The number of imide groups is 1. The highest BCUT2D eigenvalue weighted by Crippen LogP contribution is 2.17. The summed E-state index contributed by atoms with van der Waals surface area (Å²) < 4.78 is 6.01. The van der Waals surface area contributed by atoms with Crippen LogP contribution in [0.3, 0.4) is 0 Å². The van der Waals surface area contributed by atoms with Crippen molar-refractivity contribution in [2.75, 3.05) is 13.2 Å². The predicted octanol–water partition coefficient (Wildman–Crippen LogP) is 0.835. The zero-order valence-corrected chi connectivity index (χ0v) is 14.0. The molecule has 1 aromatic heterocycles. The van der Waals surface area contributed by atoms with Crippen molar-refractivity contribution in [3.05, 3.63) is 70.1 Å². The van der Waals surface area contributed by atoms with Gasteiger partial charge in [-0.1, -0.05) is 30.3 Å². The Morgan fingerprint density at radius 3 is 2.54 bits per heavy atom. The number of aryl methyl sites for hydroxylation is 1. The van der Waals surface area contributed by atoms with Gasteiger partial charge in [-0.15, -0.1) is 0 Å². The maximum absolute atomic E-state index is 12.6. The summed E-state index contributed by atoms with van der Waals surface area (Å²) >= 11 is 0. The van der Waals surface area contributed by atoms with Crippen molar-refractivity contribution >= 4 is 17.9 Å². The van der Waals surface area contributed by atoms with Gasteiger partial charge in [0.05, 0.1) is 12.6 Å². The fourth-order valence-electron chi connectivity index (χ4n) is 2.67. The van der Waals surface area contributed by atoms with Gasteiger partial charge in [0.25, 0.3) is 17.4 Å². The average molecular weight is 355 g/mol. The number of cyclic esters (lactones) is 1. The highest BCUT2D eigenvalue weighted by Gasteiger charge is 2.34. The van der Waals surface area contributed by atoms with E-state index in [0.29, 0.717) is 5.56 Å². The third-order valence-corrected chi connectivity index (χ3v) is 4.08. The Morgan fingerprint density at radius 2 is 1.88 bits per heavy atom. The van der Waals surface area contributed by atoms with Crippen molar-refractivity contribution < 1.29 is 19.1 Å². The largest absolute Gasteiger partial charge is 0.439 e. The lowest BCUT2D eigenvalue weighted by Gasteiger charge is -2.22. The van der Waals surface area contributed by atoms with E-state index in [1.54, 1.807) is 43.6 Å². The van der Waals surface area contributed by atoms with Gasteiger partial charge in [0, 0.05) is 13.2 Å². The van der Waals surface area contributed by atoms with Crippen LogP contribution in [-0.4, -0.2) is 40.5 Å². The van der Waals surface area contributed by atoms with E-state index < -0.39 is 29.5 Å². The third kappa shape index (κ3) is 3.49. The molecule has 2 aromatic rings.